The number of aliphatic hydroxyl groups is 1. The number of hydrogen-bond acceptors (Lipinski definition) is 6. The molecule has 4 N–H and O–H groups in total. The Kier molecular flexibility index (Phi) is 6.90. The molecule has 0 saturated carbocycles. The molecule has 0 aliphatic carbocycles. The summed E-state index contributed by atoms with van der Waals surface area (Å²) >= 11 is 0. The zero-order valence-corrected chi connectivity index (χ0v) is 20.7. The highest BCUT2D eigenvalue weighted by Crippen LogP contribution is 2.31. The van der Waals surface area contributed by atoms with Crippen molar-refractivity contribution in [2.24, 2.45) is 5.73 Å². The molecule has 0 bridgehead atoms. The molecule has 9 heteroatoms. The van der Waals surface area contributed by atoms with Gasteiger partial charge in [-0.3, -0.25) is 4.79 Å². The minimum atomic E-state index is -0.838. The smallest absolute Gasteiger partial charge is 0.239 e. The number of likely N-dealkylation sites (tertiary alicyclic amines) is 1. The van der Waals surface area contributed by atoms with E-state index in [2.05, 4.69) is 15.0 Å². The molecule has 8 nitrogen and oxygen atoms in total. The van der Waals surface area contributed by atoms with Crippen LogP contribution < -0.4 is 10.5 Å². The van der Waals surface area contributed by atoms with E-state index in [4.69, 9.17) is 10.5 Å². The molecule has 1 atom stereocenters. The van der Waals surface area contributed by atoms with Gasteiger partial charge in [0.25, 0.3) is 0 Å². The maximum absolute atomic E-state index is 14.9. The molecule has 1 amide bonds. The normalized spacial score (nSPS) is 16.1. The van der Waals surface area contributed by atoms with Gasteiger partial charge in [0.15, 0.2) is 11.6 Å². The topological polar surface area (TPSA) is 117 Å². The first-order valence-electron chi connectivity index (χ1n) is 12.4. The molecule has 1 aliphatic heterocycles. The number of nitrogens with one attached hydrogen (secondary N) is 1. The molecule has 37 heavy (non-hydrogen) atoms. The van der Waals surface area contributed by atoms with Gasteiger partial charge in [-0.15, -0.1) is 0 Å². The van der Waals surface area contributed by atoms with E-state index in [1.165, 1.54) is 18.5 Å². The Bertz CT molecular complexity index is 1400. The van der Waals surface area contributed by atoms with E-state index in [0.29, 0.717) is 48.9 Å². The molecule has 0 radical (unpaired) electrons. The third kappa shape index (κ3) is 5.47. The largest absolute Gasteiger partial charge is 0.435 e. The Morgan fingerprint density at radius 1 is 1.19 bits per heavy atom. The Hall–Kier alpha value is -3.82. The number of benzene rings is 2. The van der Waals surface area contributed by atoms with Crippen LogP contribution in [-0.4, -0.2) is 55.6 Å². The van der Waals surface area contributed by atoms with Gasteiger partial charge in [-0.05, 0) is 55.0 Å². The summed E-state index contributed by atoms with van der Waals surface area (Å²) in [5.41, 5.74) is 8.55. The Labute approximate surface area is 214 Å². The number of nitrogens with zero attached hydrogens (tertiary/aromatic N) is 3. The monoisotopic (exact) mass is 503 g/mol. The van der Waals surface area contributed by atoms with Crippen LogP contribution in [-0.2, 0) is 17.6 Å². The number of carbonyl (C=O) groups excluding carboxylic acids is 1. The second-order valence-corrected chi connectivity index (χ2v) is 9.76. The third-order valence-corrected chi connectivity index (χ3v) is 6.99. The summed E-state index contributed by atoms with van der Waals surface area (Å²) in [5.74, 6) is -0.479. The summed E-state index contributed by atoms with van der Waals surface area (Å²) in [6.07, 6.45) is 4.86. The van der Waals surface area contributed by atoms with E-state index in [0.717, 1.165) is 11.1 Å². The highest BCUT2D eigenvalue weighted by atomic mass is 19.1. The zero-order valence-electron chi connectivity index (χ0n) is 20.7. The molecule has 2 aromatic heterocycles. The number of halogens is 1. The molecular weight excluding hydrogens is 473 g/mol. The van der Waals surface area contributed by atoms with Crippen LogP contribution in [0.15, 0.2) is 61.1 Å². The summed E-state index contributed by atoms with van der Waals surface area (Å²) in [4.78, 5) is 26.0. The summed E-state index contributed by atoms with van der Waals surface area (Å²) in [6.45, 7) is 2.75. The third-order valence-electron chi connectivity index (χ3n) is 6.99. The SMILES string of the molecule is Cc1c[nH]c2ncnc(Oc3ccc(C[C@H](N)C(=O)N4CCC(O)(Cc5ccccc5)CC4)cc3F)c12. The Morgan fingerprint density at radius 3 is 2.68 bits per heavy atom. The van der Waals surface area contributed by atoms with E-state index in [1.807, 2.05) is 37.3 Å². The quantitative estimate of drug-likeness (QED) is 0.354. The van der Waals surface area contributed by atoms with Crippen molar-refractivity contribution in [1.82, 2.24) is 19.9 Å². The highest BCUT2D eigenvalue weighted by molar-refractivity contribution is 5.84. The summed E-state index contributed by atoms with van der Waals surface area (Å²) in [6, 6.07) is 13.6. The standard InChI is InChI=1S/C28H30FN5O3/c1-18-16-31-25-24(18)26(33-17-32-25)37-23-8-7-20(13-21(23)29)14-22(30)27(35)34-11-9-28(36,10-12-34)15-19-5-3-2-4-6-19/h2-8,13,16-17,22,36H,9-12,14-15,30H2,1H3,(H,31,32,33)/t22-/m0/s1. The molecule has 0 unspecified atom stereocenters. The number of aryl methyl sites for hydroxylation is 1. The number of aromatic nitrogens is 3. The van der Waals surface area contributed by atoms with Gasteiger partial charge in [-0.2, -0.15) is 0 Å². The average molecular weight is 504 g/mol. The van der Waals surface area contributed by atoms with Crippen LogP contribution in [0.25, 0.3) is 11.0 Å². The highest BCUT2D eigenvalue weighted by Gasteiger charge is 2.35. The lowest BCUT2D eigenvalue weighted by Crippen LogP contribution is -2.52. The Balaban J connectivity index is 1.19. The van der Waals surface area contributed by atoms with Crippen LogP contribution >= 0.6 is 0 Å². The fraction of sp³-hybridized carbons (Fsp3) is 0.321. The van der Waals surface area contributed by atoms with Crippen molar-refractivity contribution in [1.29, 1.82) is 0 Å². The number of carbonyl (C=O) groups is 1. The molecule has 192 valence electrons. The fourth-order valence-electron chi connectivity index (χ4n) is 4.89. The number of aromatic amines is 1. The van der Waals surface area contributed by atoms with Gasteiger partial charge in [0.2, 0.25) is 11.8 Å². The number of amides is 1. The van der Waals surface area contributed by atoms with Crippen molar-refractivity contribution in [3.8, 4) is 11.6 Å². The number of H-pyrrole nitrogens is 1. The molecule has 0 spiro atoms. The molecule has 1 saturated heterocycles. The second-order valence-electron chi connectivity index (χ2n) is 9.76. The number of hydrogen-bond donors (Lipinski definition) is 3. The van der Waals surface area contributed by atoms with Crippen LogP contribution in [0.4, 0.5) is 4.39 Å². The van der Waals surface area contributed by atoms with Gasteiger partial charge in [0.05, 0.1) is 17.0 Å². The minimum Gasteiger partial charge on any atom is -0.435 e. The number of ether oxygens (including phenoxy) is 1. The lowest BCUT2D eigenvalue weighted by Gasteiger charge is -2.39. The molecule has 5 rings (SSSR count). The van der Waals surface area contributed by atoms with E-state index in [-0.39, 0.29) is 24.0 Å². The maximum Gasteiger partial charge on any atom is 0.239 e. The van der Waals surface area contributed by atoms with Crippen molar-refractivity contribution in [3.63, 3.8) is 0 Å². The van der Waals surface area contributed by atoms with Gasteiger partial charge in [0.1, 0.15) is 12.0 Å². The summed E-state index contributed by atoms with van der Waals surface area (Å²) in [5, 5.41) is 11.7. The van der Waals surface area contributed by atoms with Crippen LogP contribution in [0.3, 0.4) is 0 Å². The second kappa shape index (κ2) is 10.3. The van der Waals surface area contributed by atoms with Gasteiger partial charge >= 0.3 is 0 Å². The van der Waals surface area contributed by atoms with E-state index < -0.39 is 17.5 Å². The lowest BCUT2D eigenvalue weighted by atomic mass is 9.85. The first kappa shape index (κ1) is 24.9. The molecular formula is C28H30FN5O3. The molecule has 4 aromatic rings. The number of rotatable bonds is 7. The first-order chi connectivity index (χ1) is 17.8. The first-order valence-corrected chi connectivity index (χ1v) is 12.4. The minimum absolute atomic E-state index is 0.0259. The van der Waals surface area contributed by atoms with Crippen molar-refractivity contribution >= 4 is 16.9 Å². The van der Waals surface area contributed by atoms with Crippen LogP contribution in [0, 0.1) is 12.7 Å². The van der Waals surface area contributed by atoms with Crippen molar-refractivity contribution in [2.45, 2.75) is 44.2 Å². The van der Waals surface area contributed by atoms with E-state index in [1.54, 1.807) is 17.2 Å². The van der Waals surface area contributed by atoms with Crippen molar-refractivity contribution in [3.05, 3.63) is 83.6 Å². The van der Waals surface area contributed by atoms with E-state index >= 15 is 0 Å². The molecule has 3 heterocycles. The predicted octanol–water partition coefficient (Wildman–Crippen LogP) is 3.66. The van der Waals surface area contributed by atoms with Gasteiger partial charge in [0, 0.05) is 25.7 Å². The molecule has 1 aliphatic rings. The number of nitrogens with two attached hydrogens (primary N) is 1. The summed E-state index contributed by atoms with van der Waals surface area (Å²) < 4.78 is 20.6. The molecule has 2 aromatic carbocycles. The van der Waals surface area contributed by atoms with E-state index in [9.17, 15) is 14.3 Å². The lowest BCUT2D eigenvalue weighted by molar-refractivity contribution is -0.136. The molecule has 1 fully saturated rings. The van der Waals surface area contributed by atoms with Gasteiger partial charge in [-0.1, -0.05) is 36.4 Å². The Morgan fingerprint density at radius 2 is 1.95 bits per heavy atom. The van der Waals surface area contributed by atoms with Crippen molar-refractivity contribution < 1.29 is 19.0 Å². The van der Waals surface area contributed by atoms with Crippen molar-refractivity contribution in [2.75, 3.05) is 13.1 Å². The number of piperidine rings is 1. The summed E-state index contributed by atoms with van der Waals surface area (Å²) in [7, 11) is 0. The van der Waals surface area contributed by atoms with Crippen LogP contribution in [0.2, 0.25) is 0 Å². The predicted molar refractivity (Wildman–Crippen MR) is 138 cm³/mol. The van der Waals surface area contributed by atoms with Gasteiger partial charge < -0.3 is 25.5 Å². The average Bonchev–Trinajstić information content (AvgIpc) is 3.27. The van der Waals surface area contributed by atoms with Crippen LogP contribution in [0.5, 0.6) is 11.6 Å². The maximum atomic E-state index is 14.9. The fourth-order valence-corrected chi connectivity index (χ4v) is 4.89. The van der Waals surface area contributed by atoms with Gasteiger partial charge in [-0.25, -0.2) is 14.4 Å². The van der Waals surface area contributed by atoms with Crippen LogP contribution in [0.1, 0.15) is 29.5 Å². The number of fused-ring (bicyclic) bond motifs is 1. The zero-order chi connectivity index (χ0) is 26.0.